The molecule has 5 heteroatoms. The molecule has 0 atom stereocenters. The third kappa shape index (κ3) is 1.20. The van der Waals surface area contributed by atoms with Crippen LogP contribution in [0.5, 0.6) is 0 Å². The summed E-state index contributed by atoms with van der Waals surface area (Å²) in [6, 6.07) is 1.46. The average Bonchev–Trinajstić information content (AvgIpc) is 2.37. The topological polar surface area (TPSA) is 55.0 Å². The van der Waals surface area contributed by atoms with Crippen LogP contribution in [0.2, 0.25) is 0 Å². The number of hydrogen-bond acceptors (Lipinski definition) is 3. The normalized spacial score (nSPS) is 9.00. The molecule has 0 saturated heterocycles. The third-order valence-corrected chi connectivity index (χ3v) is 0.931. The van der Waals surface area contributed by atoms with Crippen LogP contribution in [0.1, 0.15) is 10.5 Å². The van der Waals surface area contributed by atoms with Crippen LogP contribution in [0.15, 0.2) is 12.3 Å². The van der Waals surface area contributed by atoms with Gasteiger partial charge in [-0.15, -0.1) is 0 Å². The monoisotopic (exact) mass is 146 g/mol. The van der Waals surface area contributed by atoms with Crippen molar-refractivity contribution >= 4 is 17.8 Å². The lowest BCUT2D eigenvalue weighted by atomic mass is 10.5. The summed E-state index contributed by atoms with van der Waals surface area (Å²) in [4.78, 5) is 10.4. The van der Waals surface area contributed by atoms with E-state index in [1.165, 1.54) is 12.3 Å². The molecule has 1 aromatic rings. The fraction of sp³-hybridized carbons (Fsp3) is 0. The molecule has 0 unspecified atom stereocenters. The maximum Gasteiger partial charge on any atom is 0.374 e. The first-order valence-corrected chi connectivity index (χ1v) is 2.47. The molecule has 1 heterocycles. The zero-order chi connectivity index (χ0) is 6.69. The first-order chi connectivity index (χ1) is 4.34. The van der Waals surface area contributed by atoms with Gasteiger partial charge < -0.3 is 4.29 Å². The van der Waals surface area contributed by atoms with E-state index in [-0.39, 0.29) is 5.69 Å². The summed E-state index contributed by atoms with van der Waals surface area (Å²) in [6.07, 6.45) is 1.43. The van der Waals surface area contributed by atoms with Crippen molar-refractivity contribution in [2.24, 2.45) is 0 Å². The van der Waals surface area contributed by atoms with E-state index in [0.29, 0.717) is 0 Å². The van der Waals surface area contributed by atoms with E-state index in [9.17, 15) is 4.79 Å². The van der Waals surface area contributed by atoms with Gasteiger partial charge in [-0.05, 0) is 6.07 Å². The Kier molecular flexibility index (Phi) is 1.69. The largest absolute Gasteiger partial charge is 0.374 e. The highest BCUT2D eigenvalue weighted by atomic mass is 35.5. The lowest BCUT2D eigenvalue weighted by Crippen LogP contribution is -1.97. The minimum absolute atomic E-state index is 0.241. The second kappa shape index (κ2) is 2.50. The van der Waals surface area contributed by atoms with E-state index in [1.807, 2.05) is 0 Å². The first-order valence-electron chi connectivity index (χ1n) is 2.17. The first kappa shape index (κ1) is 6.10. The van der Waals surface area contributed by atoms with Crippen molar-refractivity contribution in [3.63, 3.8) is 0 Å². The van der Waals surface area contributed by atoms with Crippen LogP contribution >= 0.6 is 11.9 Å². The number of carbonyl (C=O) groups excluding carboxylic acids is 1. The molecule has 48 valence electrons. The number of aromatic nitrogens is 2. The van der Waals surface area contributed by atoms with Gasteiger partial charge in [0, 0.05) is 6.20 Å². The SMILES string of the molecule is O=C(OCl)c1ccn[nH]1. The molecule has 0 bridgehead atoms. The molecule has 0 aliphatic heterocycles. The van der Waals surface area contributed by atoms with E-state index >= 15 is 0 Å². The molecule has 4 nitrogen and oxygen atoms in total. The fourth-order valence-electron chi connectivity index (χ4n) is 0.411. The molecule has 0 saturated carbocycles. The number of hydrogen-bond donors (Lipinski definition) is 1. The van der Waals surface area contributed by atoms with Crippen molar-refractivity contribution in [2.45, 2.75) is 0 Å². The number of carbonyl (C=O) groups is 1. The zero-order valence-corrected chi connectivity index (χ0v) is 5.05. The van der Waals surface area contributed by atoms with Gasteiger partial charge in [-0.1, -0.05) is 0 Å². The summed E-state index contributed by atoms with van der Waals surface area (Å²) < 4.78 is 3.86. The van der Waals surface area contributed by atoms with Gasteiger partial charge >= 0.3 is 5.97 Å². The molecule has 0 fully saturated rings. The lowest BCUT2D eigenvalue weighted by Gasteiger charge is -1.86. The quantitative estimate of drug-likeness (QED) is 0.635. The second-order valence-electron chi connectivity index (χ2n) is 1.33. The van der Waals surface area contributed by atoms with E-state index in [0.717, 1.165) is 0 Å². The molecule has 0 aromatic carbocycles. The van der Waals surface area contributed by atoms with Gasteiger partial charge in [0.1, 0.15) is 17.6 Å². The van der Waals surface area contributed by atoms with Gasteiger partial charge in [0.05, 0.1) is 0 Å². The summed E-state index contributed by atoms with van der Waals surface area (Å²) in [7, 11) is 0. The Balaban J connectivity index is 2.77. The summed E-state index contributed by atoms with van der Waals surface area (Å²) in [5, 5.41) is 5.89. The van der Waals surface area contributed by atoms with Crippen molar-refractivity contribution in [1.29, 1.82) is 0 Å². The molecular formula is C4H3ClN2O2. The third-order valence-electron chi connectivity index (χ3n) is 0.791. The molecule has 1 aromatic heterocycles. The van der Waals surface area contributed by atoms with E-state index in [4.69, 9.17) is 11.9 Å². The van der Waals surface area contributed by atoms with Gasteiger partial charge in [-0.2, -0.15) is 5.10 Å². The predicted octanol–water partition coefficient (Wildman–Crippen LogP) is 0.720. The molecule has 0 radical (unpaired) electrons. The number of H-pyrrole nitrogens is 1. The standard InChI is InChI=1S/C4H3ClN2O2/c5-9-4(8)3-1-2-6-7-3/h1-2H,(H,6,7). The Labute approximate surface area is 55.9 Å². The Morgan fingerprint density at radius 3 is 3.11 bits per heavy atom. The van der Waals surface area contributed by atoms with Crippen molar-refractivity contribution in [3.8, 4) is 0 Å². The minimum Gasteiger partial charge on any atom is -0.342 e. The lowest BCUT2D eigenvalue weighted by molar-refractivity contribution is 0.0745. The van der Waals surface area contributed by atoms with Crippen LogP contribution < -0.4 is 0 Å². The smallest absolute Gasteiger partial charge is 0.342 e. The summed E-state index contributed by atoms with van der Waals surface area (Å²) in [6.45, 7) is 0. The van der Waals surface area contributed by atoms with Gasteiger partial charge in [-0.3, -0.25) is 5.10 Å². The van der Waals surface area contributed by atoms with Crippen LogP contribution in [0.4, 0.5) is 0 Å². The van der Waals surface area contributed by atoms with Crippen LogP contribution in [0.25, 0.3) is 0 Å². The number of aromatic amines is 1. The molecule has 0 aliphatic rings. The van der Waals surface area contributed by atoms with E-state index < -0.39 is 5.97 Å². The number of nitrogens with zero attached hydrogens (tertiary/aromatic N) is 1. The maximum atomic E-state index is 10.4. The number of nitrogens with one attached hydrogen (secondary N) is 1. The predicted molar refractivity (Wildman–Crippen MR) is 29.9 cm³/mol. The Morgan fingerprint density at radius 2 is 2.67 bits per heavy atom. The van der Waals surface area contributed by atoms with Crippen LogP contribution in [0.3, 0.4) is 0 Å². The zero-order valence-electron chi connectivity index (χ0n) is 4.30. The van der Waals surface area contributed by atoms with Crippen molar-refractivity contribution in [2.75, 3.05) is 0 Å². The molecule has 0 amide bonds. The summed E-state index contributed by atoms with van der Waals surface area (Å²) in [5.41, 5.74) is 0.241. The van der Waals surface area contributed by atoms with E-state index in [1.54, 1.807) is 0 Å². The Bertz CT molecular complexity index is 196. The highest BCUT2D eigenvalue weighted by molar-refractivity contribution is 6.15. The second-order valence-corrected chi connectivity index (χ2v) is 1.49. The Hall–Kier alpha value is -1.03. The van der Waals surface area contributed by atoms with Crippen molar-refractivity contribution < 1.29 is 9.08 Å². The van der Waals surface area contributed by atoms with Gasteiger partial charge in [0.15, 0.2) is 0 Å². The molecule has 0 aliphatic carbocycles. The van der Waals surface area contributed by atoms with Crippen LogP contribution in [0, 0.1) is 0 Å². The minimum atomic E-state index is -0.630. The highest BCUT2D eigenvalue weighted by Gasteiger charge is 2.05. The van der Waals surface area contributed by atoms with Gasteiger partial charge in [0.2, 0.25) is 0 Å². The number of halogens is 1. The average molecular weight is 147 g/mol. The van der Waals surface area contributed by atoms with Gasteiger partial charge in [0.25, 0.3) is 0 Å². The molecule has 1 N–H and O–H groups in total. The Morgan fingerprint density at radius 1 is 1.89 bits per heavy atom. The van der Waals surface area contributed by atoms with Crippen LogP contribution in [-0.4, -0.2) is 16.2 Å². The maximum absolute atomic E-state index is 10.4. The van der Waals surface area contributed by atoms with Gasteiger partial charge in [-0.25, -0.2) is 4.79 Å². The van der Waals surface area contributed by atoms with E-state index in [2.05, 4.69) is 14.5 Å². The summed E-state index contributed by atoms with van der Waals surface area (Å²) in [5.74, 6) is -0.630. The highest BCUT2D eigenvalue weighted by Crippen LogP contribution is 1.95. The molecule has 1 rings (SSSR count). The van der Waals surface area contributed by atoms with Crippen LogP contribution in [-0.2, 0) is 4.29 Å². The van der Waals surface area contributed by atoms with Crippen molar-refractivity contribution in [1.82, 2.24) is 10.2 Å². The fourth-order valence-corrected chi connectivity index (χ4v) is 0.494. The van der Waals surface area contributed by atoms with Crippen molar-refractivity contribution in [3.05, 3.63) is 18.0 Å². The molecular weight excluding hydrogens is 144 g/mol. The number of rotatable bonds is 1. The molecule has 9 heavy (non-hydrogen) atoms. The molecule has 0 spiro atoms. The summed E-state index contributed by atoms with van der Waals surface area (Å²) >= 11 is 4.75.